The standard InChI is InChI=1S/C12H13F3O2/c13-9-4-8(5-10(14)11(9)15)12-7(6-16)2-1-3-17-12/h4-5,7,12,16H,1-3,6H2. The predicted molar refractivity (Wildman–Crippen MR) is 54.8 cm³/mol. The molecule has 2 unspecified atom stereocenters. The summed E-state index contributed by atoms with van der Waals surface area (Å²) in [5.41, 5.74) is 0.236. The van der Waals surface area contributed by atoms with Crippen molar-refractivity contribution in [2.75, 3.05) is 13.2 Å². The maximum atomic E-state index is 13.1. The van der Waals surface area contributed by atoms with Crippen LogP contribution in [0, 0.1) is 23.4 Å². The molecule has 5 heteroatoms. The van der Waals surface area contributed by atoms with Gasteiger partial charge in [0.15, 0.2) is 17.5 Å². The van der Waals surface area contributed by atoms with E-state index in [2.05, 4.69) is 0 Å². The third kappa shape index (κ3) is 2.45. The first-order chi connectivity index (χ1) is 8.13. The molecule has 1 aromatic carbocycles. The maximum Gasteiger partial charge on any atom is 0.194 e. The summed E-state index contributed by atoms with van der Waals surface area (Å²) in [7, 11) is 0. The lowest BCUT2D eigenvalue weighted by atomic mass is 9.90. The molecule has 2 rings (SSSR count). The van der Waals surface area contributed by atoms with E-state index in [1.807, 2.05) is 0 Å². The lowest BCUT2D eigenvalue weighted by Gasteiger charge is -2.30. The third-order valence-corrected chi connectivity index (χ3v) is 3.01. The molecule has 0 aromatic heterocycles. The van der Waals surface area contributed by atoms with Crippen LogP contribution in [-0.4, -0.2) is 18.3 Å². The van der Waals surface area contributed by atoms with Crippen LogP contribution in [0.1, 0.15) is 24.5 Å². The molecule has 0 saturated carbocycles. The Morgan fingerprint density at radius 1 is 1.24 bits per heavy atom. The topological polar surface area (TPSA) is 29.5 Å². The van der Waals surface area contributed by atoms with Gasteiger partial charge < -0.3 is 9.84 Å². The maximum absolute atomic E-state index is 13.1. The zero-order valence-electron chi connectivity index (χ0n) is 9.13. The quantitative estimate of drug-likeness (QED) is 0.813. The van der Waals surface area contributed by atoms with Crippen LogP contribution in [-0.2, 0) is 4.74 Å². The molecule has 1 saturated heterocycles. The number of hydrogen-bond acceptors (Lipinski definition) is 2. The highest BCUT2D eigenvalue weighted by Crippen LogP contribution is 2.34. The summed E-state index contributed by atoms with van der Waals surface area (Å²) in [6.07, 6.45) is 0.953. The van der Waals surface area contributed by atoms with Crippen molar-refractivity contribution < 1.29 is 23.0 Å². The molecule has 1 aliphatic heterocycles. The highest BCUT2D eigenvalue weighted by Gasteiger charge is 2.28. The van der Waals surface area contributed by atoms with Crippen molar-refractivity contribution in [1.82, 2.24) is 0 Å². The molecule has 0 spiro atoms. The fraction of sp³-hybridized carbons (Fsp3) is 0.500. The summed E-state index contributed by atoms with van der Waals surface area (Å²) in [4.78, 5) is 0. The van der Waals surface area contributed by atoms with E-state index in [-0.39, 0.29) is 18.1 Å². The number of benzene rings is 1. The molecule has 0 aliphatic carbocycles. The van der Waals surface area contributed by atoms with Gasteiger partial charge in [0.2, 0.25) is 0 Å². The first-order valence-electron chi connectivity index (χ1n) is 5.50. The molecule has 0 amide bonds. The zero-order chi connectivity index (χ0) is 12.4. The van der Waals surface area contributed by atoms with Gasteiger partial charge in [0.25, 0.3) is 0 Å². The van der Waals surface area contributed by atoms with Crippen molar-refractivity contribution in [2.24, 2.45) is 5.92 Å². The first kappa shape index (κ1) is 12.4. The van der Waals surface area contributed by atoms with Crippen molar-refractivity contribution in [1.29, 1.82) is 0 Å². The van der Waals surface area contributed by atoms with Gasteiger partial charge in [-0.15, -0.1) is 0 Å². The molecule has 1 aliphatic rings. The summed E-state index contributed by atoms with van der Waals surface area (Å²) in [6, 6.07) is 1.86. The number of halogens is 3. The number of rotatable bonds is 2. The summed E-state index contributed by atoms with van der Waals surface area (Å²) in [6.45, 7) is 0.354. The molecule has 17 heavy (non-hydrogen) atoms. The summed E-state index contributed by atoms with van der Waals surface area (Å²) in [5.74, 6) is -4.14. The SMILES string of the molecule is OCC1CCCOC1c1cc(F)c(F)c(F)c1. The first-order valence-corrected chi connectivity index (χ1v) is 5.50. The van der Waals surface area contributed by atoms with Crippen LogP contribution in [0.5, 0.6) is 0 Å². The van der Waals surface area contributed by atoms with E-state index >= 15 is 0 Å². The Hall–Kier alpha value is -1.07. The Morgan fingerprint density at radius 2 is 1.88 bits per heavy atom. The van der Waals surface area contributed by atoms with Crippen molar-refractivity contribution in [3.8, 4) is 0 Å². The van der Waals surface area contributed by atoms with Gasteiger partial charge in [-0.25, -0.2) is 13.2 Å². The Labute approximate surface area is 97.0 Å². The monoisotopic (exact) mass is 246 g/mol. The Morgan fingerprint density at radius 3 is 2.47 bits per heavy atom. The van der Waals surface area contributed by atoms with E-state index in [1.54, 1.807) is 0 Å². The van der Waals surface area contributed by atoms with E-state index in [0.29, 0.717) is 6.61 Å². The van der Waals surface area contributed by atoms with E-state index in [0.717, 1.165) is 25.0 Å². The molecular formula is C12H13F3O2. The molecule has 1 heterocycles. The fourth-order valence-corrected chi connectivity index (χ4v) is 2.14. The van der Waals surface area contributed by atoms with Crippen LogP contribution in [0.4, 0.5) is 13.2 Å². The lowest BCUT2D eigenvalue weighted by Crippen LogP contribution is -2.25. The lowest BCUT2D eigenvalue weighted by molar-refractivity contribution is -0.0460. The summed E-state index contributed by atoms with van der Waals surface area (Å²) < 4.78 is 44.4. The number of hydrogen-bond donors (Lipinski definition) is 1. The van der Waals surface area contributed by atoms with Gasteiger partial charge in [-0.05, 0) is 30.5 Å². The van der Waals surface area contributed by atoms with Crippen molar-refractivity contribution >= 4 is 0 Å². The fourth-order valence-electron chi connectivity index (χ4n) is 2.14. The van der Waals surface area contributed by atoms with E-state index in [1.165, 1.54) is 0 Å². The van der Waals surface area contributed by atoms with Crippen LogP contribution in [0.25, 0.3) is 0 Å². The minimum atomic E-state index is -1.48. The number of aliphatic hydroxyl groups is 1. The second-order valence-electron chi connectivity index (χ2n) is 4.17. The molecule has 2 atom stereocenters. The summed E-state index contributed by atoms with van der Waals surface area (Å²) >= 11 is 0. The third-order valence-electron chi connectivity index (χ3n) is 3.01. The molecule has 1 fully saturated rings. The van der Waals surface area contributed by atoms with Gasteiger partial charge in [-0.1, -0.05) is 0 Å². The van der Waals surface area contributed by atoms with E-state index < -0.39 is 23.6 Å². The van der Waals surface area contributed by atoms with Gasteiger partial charge in [0, 0.05) is 19.1 Å². The van der Waals surface area contributed by atoms with Gasteiger partial charge in [0.05, 0.1) is 6.10 Å². The predicted octanol–water partition coefficient (Wildman–Crippen LogP) is 2.56. The number of aliphatic hydroxyl groups excluding tert-OH is 1. The normalized spacial score (nSPS) is 24.9. The van der Waals surface area contributed by atoms with Crippen molar-refractivity contribution in [3.05, 3.63) is 35.1 Å². The molecule has 0 bridgehead atoms. The van der Waals surface area contributed by atoms with Gasteiger partial charge in [0.1, 0.15) is 0 Å². The van der Waals surface area contributed by atoms with Crippen LogP contribution in [0.15, 0.2) is 12.1 Å². The Bertz CT molecular complexity index is 386. The highest BCUT2D eigenvalue weighted by atomic mass is 19.2. The summed E-state index contributed by atoms with van der Waals surface area (Å²) in [5, 5.41) is 9.17. The van der Waals surface area contributed by atoms with Crippen molar-refractivity contribution in [2.45, 2.75) is 18.9 Å². The van der Waals surface area contributed by atoms with Crippen LogP contribution < -0.4 is 0 Å². The Balaban J connectivity index is 2.32. The van der Waals surface area contributed by atoms with Gasteiger partial charge in [-0.2, -0.15) is 0 Å². The highest BCUT2D eigenvalue weighted by molar-refractivity contribution is 5.22. The Kier molecular flexibility index (Phi) is 3.69. The second kappa shape index (κ2) is 5.06. The smallest absolute Gasteiger partial charge is 0.194 e. The minimum absolute atomic E-state index is 0.120. The molecule has 0 radical (unpaired) electrons. The average molecular weight is 246 g/mol. The molecule has 94 valence electrons. The molecule has 2 nitrogen and oxygen atoms in total. The van der Waals surface area contributed by atoms with E-state index in [9.17, 15) is 18.3 Å². The average Bonchev–Trinajstić information content (AvgIpc) is 2.35. The van der Waals surface area contributed by atoms with E-state index in [4.69, 9.17) is 4.74 Å². The van der Waals surface area contributed by atoms with Gasteiger partial charge in [-0.3, -0.25) is 0 Å². The van der Waals surface area contributed by atoms with Crippen molar-refractivity contribution in [3.63, 3.8) is 0 Å². The number of ether oxygens (including phenoxy) is 1. The largest absolute Gasteiger partial charge is 0.396 e. The van der Waals surface area contributed by atoms with Crippen LogP contribution >= 0.6 is 0 Å². The zero-order valence-corrected chi connectivity index (χ0v) is 9.13. The minimum Gasteiger partial charge on any atom is -0.396 e. The molecule has 1 N–H and O–H groups in total. The van der Waals surface area contributed by atoms with Crippen LogP contribution in [0.2, 0.25) is 0 Å². The van der Waals surface area contributed by atoms with Crippen LogP contribution in [0.3, 0.4) is 0 Å². The molecule has 1 aromatic rings. The molecular weight excluding hydrogens is 233 g/mol. The van der Waals surface area contributed by atoms with Gasteiger partial charge >= 0.3 is 0 Å². The second-order valence-corrected chi connectivity index (χ2v) is 4.17.